The zero-order valence-corrected chi connectivity index (χ0v) is 10.3. The zero-order valence-electron chi connectivity index (χ0n) is 10.3. The monoisotopic (exact) mass is 288 g/mol. The van der Waals surface area contributed by atoms with E-state index in [2.05, 4.69) is 5.43 Å². The van der Waals surface area contributed by atoms with Crippen molar-refractivity contribution in [3.8, 4) is 5.75 Å². The summed E-state index contributed by atoms with van der Waals surface area (Å²) in [7, 11) is 1.45. The third kappa shape index (κ3) is 2.69. The molecule has 0 aliphatic carbocycles. The summed E-state index contributed by atoms with van der Waals surface area (Å²) in [4.78, 5) is 11.0. The maximum atomic E-state index is 12.7. The number of aliphatic carboxylic acids is 1. The summed E-state index contributed by atoms with van der Waals surface area (Å²) in [6.45, 7) is 0. The third-order valence-corrected chi connectivity index (χ3v) is 2.74. The quantitative estimate of drug-likeness (QED) is 0.889. The molecule has 0 radical (unpaired) electrons. The Hall–Kier alpha value is -2.22. The lowest BCUT2D eigenvalue weighted by Gasteiger charge is -2.23. The van der Waals surface area contributed by atoms with Crippen LogP contribution in [0.5, 0.6) is 5.75 Å². The van der Waals surface area contributed by atoms with Crippen LogP contribution in [0.4, 0.5) is 18.9 Å². The molecule has 2 rings (SSSR count). The molecule has 0 spiro atoms. The average molecular weight is 288 g/mol. The predicted octanol–water partition coefficient (Wildman–Crippen LogP) is 1.92. The van der Waals surface area contributed by atoms with E-state index in [0.717, 1.165) is 5.01 Å². The lowest BCUT2D eigenvalue weighted by atomic mass is 10.2. The van der Waals surface area contributed by atoms with Gasteiger partial charge in [0.2, 0.25) is 0 Å². The highest BCUT2D eigenvalue weighted by Gasteiger charge is 2.44. The van der Waals surface area contributed by atoms with Gasteiger partial charge in [0, 0.05) is 0 Å². The summed E-state index contributed by atoms with van der Waals surface area (Å²) in [6.07, 6.45) is -3.94. The van der Waals surface area contributed by atoms with Crippen LogP contribution in [0.1, 0.15) is 0 Å². The topological polar surface area (TPSA) is 61.8 Å². The lowest BCUT2D eigenvalue weighted by Crippen LogP contribution is -2.45. The second-order valence-corrected chi connectivity index (χ2v) is 4.04. The van der Waals surface area contributed by atoms with Gasteiger partial charge >= 0.3 is 12.1 Å². The largest absolute Gasteiger partial charge is 0.497 e. The van der Waals surface area contributed by atoms with E-state index in [0.29, 0.717) is 11.8 Å². The van der Waals surface area contributed by atoms with Gasteiger partial charge in [0.15, 0.2) is 0 Å². The molecule has 1 aliphatic rings. The minimum absolute atomic E-state index is 0.270. The van der Waals surface area contributed by atoms with Crippen molar-refractivity contribution in [1.82, 2.24) is 5.43 Å². The predicted molar refractivity (Wildman–Crippen MR) is 64.2 cm³/mol. The molecule has 0 amide bonds. The number of hydrogen-bond donors (Lipinski definition) is 2. The number of hydrogen-bond acceptors (Lipinski definition) is 4. The van der Waals surface area contributed by atoms with Gasteiger partial charge in [-0.05, 0) is 30.3 Å². The minimum atomic E-state index is -4.57. The van der Waals surface area contributed by atoms with Crippen molar-refractivity contribution in [1.29, 1.82) is 0 Å². The molecule has 108 valence electrons. The molecule has 1 aromatic rings. The normalized spacial score (nSPS) is 18.9. The molecular formula is C12H11F3N2O3. The molecule has 20 heavy (non-hydrogen) atoms. The third-order valence-electron chi connectivity index (χ3n) is 2.74. The van der Waals surface area contributed by atoms with Gasteiger partial charge in [-0.3, -0.25) is 5.01 Å². The van der Waals surface area contributed by atoms with Crippen molar-refractivity contribution in [2.75, 3.05) is 12.1 Å². The molecule has 0 saturated heterocycles. The van der Waals surface area contributed by atoms with E-state index < -0.39 is 23.9 Å². The van der Waals surface area contributed by atoms with Crippen LogP contribution >= 0.6 is 0 Å². The van der Waals surface area contributed by atoms with Crippen LogP contribution in [0.2, 0.25) is 0 Å². The van der Waals surface area contributed by atoms with E-state index in [1.807, 2.05) is 0 Å². The van der Waals surface area contributed by atoms with Gasteiger partial charge in [0.05, 0.1) is 12.8 Å². The van der Waals surface area contributed by atoms with Gasteiger partial charge < -0.3 is 9.84 Å². The number of carboxylic acids is 1. The van der Waals surface area contributed by atoms with Crippen molar-refractivity contribution >= 4 is 11.7 Å². The number of halogens is 3. The summed E-state index contributed by atoms with van der Waals surface area (Å²) in [6, 6.07) is 3.94. The van der Waals surface area contributed by atoms with Crippen molar-refractivity contribution in [3.63, 3.8) is 0 Å². The number of anilines is 1. The van der Waals surface area contributed by atoms with Gasteiger partial charge in [0.25, 0.3) is 0 Å². The standard InChI is InChI=1S/C12H11F3N2O3/c1-20-8-4-2-7(3-5-8)17-9(11(18)19)6-10(16-17)12(13,14)15/h2-6,10,16H,1H3,(H,18,19). The number of benzene rings is 1. The molecule has 1 heterocycles. The van der Waals surface area contributed by atoms with Crippen LogP contribution in [0.25, 0.3) is 0 Å². The molecule has 5 nitrogen and oxygen atoms in total. The van der Waals surface area contributed by atoms with Crippen LogP contribution in [-0.4, -0.2) is 30.4 Å². The van der Waals surface area contributed by atoms with E-state index in [1.165, 1.54) is 31.4 Å². The Balaban J connectivity index is 2.31. The lowest BCUT2D eigenvalue weighted by molar-refractivity contribution is -0.142. The average Bonchev–Trinajstić information content (AvgIpc) is 2.84. The Morgan fingerprint density at radius 3 is 2.40 bits per heavy atom. The second-order valence-electron chi connectivity index (χ2n) is 4.04. The molecule has 1 aromatic carbocycles. The summed E-state index contributed by atoms with van der Waals surface area (Å²) in [5, 5.41) is 9.88. The van der Waals surface area contributed by atoms with E-state index in [9.17, 15) is 18.0 Å². The van der Waals surface area contributed by atoms with Crippen LogP contribution in [0, 0.1) is 0 Å². The fourth-order valence-electron chi connectivity index (χ4n) is 1.76. The highest BCUT2D eigenvalue weighted by Crippen LogP contribution is 2.30. The first-order chi connectivity index (χ1) is 9.32. The van der Waals surface area contributed by atoms with Crippen LogP contribution in [-0.2, 0) is 4.79 Å². The smallest absolute Gasteiger partial charge is 0.409 e. The molecule has 0 aromatic heterocycles. The Morgan fingerprint density at radius 2 is 1.95 bits per heavy atom. The van der Waals surface area contributed by atoms with Gasteiger partial charge in [-0.2, -0.15) is 13.2 Å². The van der Waals surface area contributed by atoms with Crippen LogP contribution in [0.15, 0.2) is 36.0 Å². The van der Waals surface area contributed by atoms with E-state index >= 15 is 0 Å². The Kier molecular flexibility index (Phi) is 3.58. The molecule has 2 N–H and O–H groups in total. The number of ether oxygens (including phenoxy) is 1. The maximum Gasteiger partial charge on any atom is 0.409 e. The Bertz CT molecular complexity index is 540. The Morgan fingerprint density at radius 1 is 1.35 bits per heavy atom. The molecule has 1 aliphatic heterocycles. The summed E-state index contributed by atoms with van der Waals surface area (Å²) in [5.74, 6) is -0.929. The summed E-state index contributed by atoms with van der Waals surface area (Å²) in [5.41, 5.74) is 1.91. The first kappa shape index (κ1) is 14.2. The number of hydrazine groups is 1. The number of rotatable bonds is 3. The van der Waals surface area contributed by atoms with Gasteiger partial charge in [-0.25, -0.2) is 10.2 Å². The maximum absolute atomic E-state index is 12.7. The molecule has 0 saturated carbocycles. The molecular weight excluding hydrogens is 277 g/mol. The zero-order chi connectivity index (χ0) is 14.9. The fraction of sp³-hybridized carbons (Fsp3) is 0.250. The van der Waals surface area contributed by atoms with Crippen molar-refractivity contribution < 1.29 is 27.8 Å². The molecule has 0 bridgehead atoms. The molecule has 0 fully saturated rings. The molecule has 1 atom stereocenters. The van der Waals surface area contributed by atoms with Crippen LogP contribution in [0.3, 0.4) is 0 Å². The first-order valence-corrected chi connectivity index (χ1v) is 5.55. The van der Waals surface area contributed by atoms with Crippen molar-refractivity contribution in [2.24, 2.45) is 0 Å². The van der Waals surface area contributed by atoms with Gasteiger partial charge in [0.1, 0.15) is 17.5 Å². The van der Waals surface area contributed by atoms with E-state index in [1.54, 1.807) is 0 Å². The van der Waals surface area contributed by atoms with Gasteiger partial charge in [-0.15, -0.1) is 0 Å². The summed E-state index contributed by atoms with van der Waals surface area (Å²) < 4.78 is 42.9. The second kappa shape index (κ2) is 5.04. The van der Waals surface area contributed by atoms with Crippen molar-refractivity contribution in [3.05, 3.63) is 36.0 Å². The number of nitrogens with zero attached hydrogens (tertiary/aromatic N) is 1. The number of carboxylic acid groups (broad SMARTS) is 1. The van der Waals surface area contributed by atoms with E-state index in [4.69, 9.17) is 9.84 Å². The number of carbonyl (C=O) groups is 1. The molecule has 8 heteroatoms. The number of nitrogens with one attached hydrogen (secondary N) is 1. The Labute approximate surface area is 112 Å². The number of methoxy groups -OCH3 is 1. The van der Waals surface area contributed by atoms with E-state index in [-0.39, 0.29) is 5.69 Å². The highest BCUT2D eigenvalue weighted by atomic mass is 19.4. The van der Waals surface area contributed by atoms with Gasteiger partial charge in [-0.1, -0.05) is 0 Å². The minimum Gasteiger partial charge on any atom is -0.497 e. The molecule has 1 unspecified atom stereocenters. The SMILES string of the molecule is COc1ccc(N2NC(C(F)(F)F)C=C2C(=O)O)cc1. The number of alkyl halides is 3. The first-order valence-electron chi connectivity index (χ1n) is 5.55. The fourth-order valence-corrected chi connectivity index (χ4v) is 1.76. The van der Waals surface area contributed by atoms with Crippen molar-refractivity contribution in [2.45, 2.75) is 12.2 Å². The van der Waals surface area contributed by atoms with Crippen LogP contribution < -0.4 is 15.2 Å². The summed E-state index contributed by atoms with van der Waals surface area (Å²) >= 11 is 0. The highest BCUT2D eigenvalue weighted by molar-refractivity contribution is 5.92.